The molecule has 3 rings (SSSR count). The first-order valence-corrected chi connectivity index (χ1v) is 14.0. The molecule has 1 amide bonds. The van der Waals surface area contributed by atoms with Crippen molar-refractivity contribution in [3.05, 3.63) is 95.6 Å². The van der Waals surface area contributed by atoms with E-state index in [9.17, 15) is 9.36 Å². The molecule has 3 aromatic carbocycles. The third-order valence-electron chi connectivity index (χ3n) is 5.65. The highest BCUT2D eigenvalue weighted by molar-refractivity contribution is 7.63. The summed E-state index contributed by atoms with van der Waals surface area (Å²) >= 11 is 0. The Labute approximate surface area is 198 Å². The number of benzene rings is 3. The Kier molecular flexibility index (Phi) is 8.86. The van der Waals surface area contributed by atoms with Gasteiger partial charge in [-0.25, -0.2) is 0 Å². The zero-order valence-corrected chi connectivity index (χ0v) is 20.8. The number of rotatable bonds is 10. The number of amides is 1. The number of carbonyl (C=O) groups is 1. The van der Waals surface area contributed by atoms with Gasteiger partial charge in [-0.2, -0.15) is 0 Å². The summed E-state index contributed by atoms with van der Waals surface area (Å²) in [5.41, 5.74) is 6.29. The van der Waals surface area contributed by atoms with Gasteiger partial charge in [0.15, 0.2) is 0 Å². The molecule has 0 saturated carbocycles. The van der Waals surface area contributed by atoms with E-state index in [0.717, 1.165) is 53.1 Å². The SMILES string of the molecule is CCCP(=O)(CCC)Cc1ccc(NC(=O)C=Cc2cccc(-c3ccc(C)cc3)c2)cc1. The Hall–Kier alpha value is -2.90. The van der Waals surface area contributed by atoms with Crippen LogP contribution in [0.25, 0.3) is 17.2 Å². The van der Waals surface area contributed by atoms with E-state index in [1.165, 1.54) is 5.56 Å². The lowest BCUT2D eigenvalue weighted by molar-refractivity contribution is -0.111. The molecular weight excluding hydrogens is 425 g/mol. The van der Waals surface area contributed by atoms with Crippen molar-refractivity contribution in [2.45, 2.75) is 39.8 Å². The van der Waals surface area contributed by atoms with Gasteiger partial charge in [0, 0.05) is 30.2 Å². The van der Waals surface area contributed by atoms with E-state index in [1.807, 2.05) is 42.5 Å². The summed E-state index contributed by atoms with van der Waals surface area (Å²) in [5, 5.41) is 2.91. The first-order valence-electron chi connectivity index (χ1n) is 11.7. The zero-order chi connectivity index (χ0) is 23.7. The highest BCUT2D eigenvalue weighted by Crippen LogP contribution is 2.50. The Morgan fingerprint density at radius 2 is 1.55 bits per heavy atom. The van der Waals surface area contributed by atoms with Gasteiger partial charge in [0.2, 0.25) is 5.91 Å². The van der Waals surface area contributed by atoms with Crippen LogP contribution in [-0.2, 0) is 15.5 Å². The predicted octanol–water partition coefficient (Wildman–Crippen LogP) is 8.00. The highest BCUT2D eigenvalue weighted by atomic mass is 31.2. The Morgan fingerprint density at radius 1 is 0.879 bits per heavy atom. The van der Waals surface area contributed by atoms with Crippen molar-refractivity contribution in [3.63, 3.8) is 0 Å². The van der Waals surface area contributed by atoms with Crippen LogP contribution in [0, 0.1) is 6.92 Å². The largest absolute Gasteiger partial charge is 0.323 e. The number of hydrogen-bond acceptors (Lipinski definition) is 2. The summed E-state index contributed by atoms with van der Waals surface area (Å²) in [7, 11) is -2.16. The van der Waals surface area contributed by atoms with Crippen LogP contribution in [-0.4, -0.2) is 18.2 Å². The maximum atomic E-state index is 13.1. The predicted molar refractivity (Wildman–Crippen MR) is 142 cm³/mol. The van der Waals surface area contributed by atoms with Crippen molar-refractivity contribution in [2.24, 2.45) is 0 Å². The van der Waals surface area contributed by atoms with Crippen LogP contribution in [0.5, 0.6) is 0 Å². The van der Waals surface area contributed by atoms with Gasteiger partial charge >= 0.3 is 0 Å². The van der Waals surface area contributed by atoms with Gasteiger partial charge in [-0.05, 0) is 66.3 Å². The topological polar surface area (TPSA) is 46.2 Å². The molecular formula is C29H34NO2P. The maximum Gasteiger partial charge on any atom is 0.248 e. The van der Waals surface area contributed by atoms with Crippen LogP contribution in [0.1, 0.15) is 43.4 Å². The van der Waals surface area contributed by atoms with Crippen molar-refractivity contribution in [2.75, 3.05) is 17.6 Å². The van der Waals surface area contributed by atoms with Crippen LogP contribution in [0.2, 0.25) is 0 Å². The zero-order valence-electron chi connectivity index (χ0n) is 19.9. The third kappa shape index (κ3) is 7.58. The first-order chi connectivity index (χ1) is 15.9. The number of anilines is 1. The second-order valence-corrected chi connectivity index (χ2v) is 12.0. The summed E-state index contributed by atoms with van der Waals surface area (Å²) in [6.45, 7) is 6.26. The molecule has 0 heterocycles. The molecule has 0 aromatic heterocycles. The number of hydrogen-bond donors (Lipinski definition) is 1. The molecule has 4 heteroatoms. The molecule has 1 N–H and O–H groups in total. The molecule has 0 radical (unpaired) electrons. The second-order valence-electron chi connectivity index (χ2n) is 8.67. The van der Waals surface area contributed by atoms with Gasteiger partial charge < -0.3 is 9.88 Å². The van der Waals surface area contributed by atoms with Gasteiger partial charge in [-0.3, -0.25) is 4.79 Å². The highest BCUT2D eigenvalue weighted by Gasteiger charge is 2.20. The lowest BCUT2D eigenvalue weighted by atomic mass is 10.0. The Morgan fingerprint density at radius 3 is 2.18 bits per heavy atom. The van der Waals surface area contributed by atoms with Crippen molar-refractivity contribution < 1.29 is 9.36 Å². The van der Waals surface area contributed by atoms with Crippen LogP contribution >= 0.6 is 7.14 Å². The molecule has 0 aliphatic heterocycles. The molecule has 0 spiro atoms. The molecule has 0 aliphatic carbocycles. The van der Waals surface area contributed by atoms with Crippen molar-refractivity contribution in [1.29, 1.82) is 0 Å². The summed E-state index contributed by atoms with van der Waals surface area (Å²) < 4.78 is 13.1. The summed E-state index contributed by atoms with van der Waals surface area (Å²) in [6, 6.07) is 24.3. The van der Waals surface area contributed by atoms with E-state index in [0.29, 0.717) is 6.16 Å². The summed E-state index contributed by atoms with van der Waals surface area (Å²) in [5.74, 6) is -0.175. The average Bonchev–Trinajstić information content (AvgIpc) is 2.80. The summed E-state index contributed by atoms with van der Waals surface area (Å²) in [4.78, 5) is 12.4. The molecule has 0 aliphatic rings. The number of carbonyl (C=O) groups excluding carboxylic acids is 1. The molecule has 33 heavy (non-hydrogen) atoms. The fraction of sp³-hybridized carbons (Fsp3) is 0.276. The molecule has 0 unspecified atom stereocenters. The van der Waals surface area contributed by atoms with Crippen molar-refractivity contribution in [3.8, 4) is 11.1 Å². The fourth-order valence-electron chi connectivity index (χ4n) is 4.03. The van der Waals surface area contributed by atoms with Crippen LogP contribution < -0.4 is 5.32 Å². The Balaban J connectivity index is 1.61. The van der Waals surface area contributed by atoms with E-state index in [2.05, 4.69) is 62.5 Å². The minimum atomic E-state index is -2.16. The van der Waals surface area contributed by atoms with E-state index in [1.54, 1.807) is 6.08 Å². The van der Waals surface area contributed by atoms with Crippen LogP contribution in [0.4, 0.5) is 5.69 Å². The minimum Gasteiger partial charge on any atom is -0.323 e. The van der Waals surface area contributed by atoms with E-state index in [4.69, 9.17) is 0 Å². The number of aryl methyl sites for hydroxylation is 1. The molecule has 0 bridgehead atoms. The Bertz CT molecular complexity index is 1120. The van der Waals surface area contributed by atoms with Crippen LogP contribution in [0.3, 0.4) is 0 Å². The van der Waals surface area contributed by atoms with Gasteiger partial charge in [-0.15, -0.1) is 0 Å². The van der Waals surface area contributed by atoms with Crippen molar-refractivity contribution in [1.82, 2.24) is 0 Å². The quantitative estimate of drug-likeness (QED) is 0.247. The molecule has 0 saturated heterocycles. The van der Waals surface area contributed by atoms with Gasteiger partial charge in [0.05, 0.1) is 7.14 Å². The maximum absolute atomic E-state index is 13.1. The molecule has 0 fully saturated rings. The molecule has 172 valence electrons. The van der Waals surface area contributed by atoms with Gasteiger partial charge in [0.1, 0.15) is 0 Å². The van der Waals surface area contributed by atoms with E-state index >= 15 is 0 Å². The monoisotopic (exact) mass is 459 g/mol. The van der Waals surface area contributed by atoms with Gasteiger partial charge in [0.25, 0.3) is 0 Å². The first kappa shape index (κ1) is 24.7. The van der Waals surface area contributed by atoms with Gasteiger partial charge in [-0.1, -0.05) is 74.0 Å². The lowest BCUT2D eigenvalue weighted by Gasteiger charge is -2.17. The summed E-state index contributed by atoms with van der Waals surface area (Å²) in [6.07, 6.45) is 7.52. The normalized spacial score (nSPS) is 11.6. The number of nitrogens with one attached hydrogen (secondary N) is 1. The smallest absolute Gasteiger partial charge is 0.248 e. The lowest BCUT2D eigenvalue weighted by Crippen LogP contribution is -2.07. The third-order valence-corrected chi connectivity index (χ3v) is 9.12. The molecule has 0 atom stereocenters. The van der Waals surface area contributed by atoms with Crippen LogP contribution in [0.15, 0.2) is 78.9 Å². The standard InChI is InChI=1S/C29H34NO2P/c1-4-19-33(32,20-5-2)22-25-11-16-28(17-12-25)30-29(31)18-13-24-7-6-8-27(21-24)26-14-9-23(3)10-15-26/h6-18,21H,4-5,19-20,22H2,1-3H3,(H,30,31). The van der Waals surface area contributed by atoms with E-state index < -0.39 is 7.14 Å². The second kappa shape index (κ2) is 11.8. The fourth-order valence-corrected chi connectivity index (χ4v) is 7.08. The molecule has 3 nitrogen and oxygen atoms in total. The minimum absolute atomic E-state index is 0.175. The van der Waals surface area contributed by atoms with Crippen molar-refractivity contribution >= 4 is 24.8 Å². The van der Waals surface area contributed by atoms with E-state index in [-0.39, 0.29) is 5.91 Å². The average molecular weight is 460 g/mol. The molecule has 3 aromatic rings.